The number of urea groups is 1. The van der Waals surface area contributed by atoms with Crippen LogP contribution in [0.25, 0.3) is 0 Å². The van der Waals surface area contributed by atoms with E-state index in [0.717, 1.165) is 13.2 Å². The lowest BCUT2D eigenvalue weighted by Crippen LogP contribution is -2.58. The van der Waals surface area contributed by atoms with Gasteiger partial charge in [0.2, 0.25) is 0 Å². The maximum Gasteiger partial charge on any atom is 0.356 e. The highest BCUT2D eigenvalue weighted by Gasteiger charge is 2.30. The molecular formula is C7H15N4O+. The summed E-state index contributed by atoms with van der Waals surface area (Å²) in [6, 6.07) is -0.489. The SMILES string of the molecule is CC[N+]1(NC(N)=O)C=CN(C)C1. The van der Waals surface area contributed by atoms with Crippen molar-refractivity contribution in [1.82, 2.24) is 10.3 Å². The second-order valence-electron chi connectivity index (χ2n) is 3.02. The summed E-state index contributed by atoms with van der Waals surface area (Å²) < 4.78 is 0.409. The molecule has 0 bridgehead atoms. The van der Waals surface area contributed by atoms with Crippen molar-refractivity contribution in [3.63, 3.8) is 0 Å². The number of nitrogens with zero attached hydrogens (tertiary/aromatic N) is 2. The van der Waals surface area contributed by atoms with E-state index in [1.807, 2.05) is 31.3 Å². The van der Waals surface area contributed by atoms with Gasteiger partial charge in [0.1, 0.15) is 12.7 Å². The monoisotopic (exact) mass is 171 g/mol. The number of amides is 2. The smallest absolute Gasteiger partial charge is 0.348 e. The minimum Gasteiger partial charge on any atom is -0.348 e. The molecule has 2 amide bonds. The molecule has 0 spiro atoms. The first-order valence-corrected chi connectivity index (χ1v) is 3.92. The Balaban J connectivity index is 2.66. The van der Waals surface area contributed by atoms with Crippen molar-refractivity contribution in [1.29, 1.82) is 0 Å². The third-order valence-electron chi connectivity index (χ3n) is 1.98. The first-order valence-electron chi connectivity index (χ1n) is 3.92. The van der Waals surface area contributed by atoms with E-state index in [1.54, 1.807) is 0 Å². The molecule has 1 heterocycles. The van der Waals surface area contributed by atoms with Crippen LogP contribution in [0, 0.1) is 0 Å². The summed E-state index contributed by atoms with van der Waals surface area (Å²) in [4.78, 5) is 12.7. The van der Waals surface area contributed by atoms with Gasteiger partial charge in [0.15, 0.2) is 6.67 Å². The Hall–Kier alpha value is -1.23. The summed E-state index contributed by atoms with van der Waals surface area (Å²) in [6.45, 7) is 3.53. The van der Waals surface area contributed by atoms with Gasteiger partial charge in [-0.05, 0) is 6.92 Å². The predicted molar refractivity (Wildman–Crippen MR) is 45.3 cm³/mol. The average Bonchev–Trinajstić information content (AvgIpc) is 2.32. The van der Waals surface area contributed by atoms with E-state index >= 15 is 0 Å². The molecular weight excluding hydrogens is 156 g/mol. The average molecular weight is 171 g/mol. The van der Waals surface area contributed by atoms with Crippen LogP contribution >= 0.6 is 0 Å². The van der Waals surface area contributed by atoms with Crippen molar-refractivity contribution in [2.75, 3.05) is 20.3 Å². The summed E-state index contributed by atoms with van der Waals surface area (Å²) >= 11 is 0. The van der Waals surface area contributed by atoms with Crippen molar-refractivity contribution in [3.05, 3.63) is 12.4 Å². The van der Waals surface area contributed by atoms with Crippen molar-refractivity contribution < 1.29 is 9.39 Å². The van der Waals surface area contributed by atoms with Gasteiger partial charge in [-0.15, -0.1) is 0 Å². The van der Waals surface area contributed by atoms with Crippen LogP contribution in [-0.2, 0) is 0 Å². The van der Waals surface area contributed by atoms with Crippen molar-refractivity contribution in [2.45, 2.75) is 6.92 Å². The summed E-state index contributed by atoms with van der Waals surface area (Å²) in [7, 11) is 1.95. The van der Waals surface area contributed by atoms with Crippen LogP contribution in [0.4, 0.5) is 4.79 Å². The lowest BCUT2D eigenvalue weighted by molar-refractivity contribution is -0.913. The highest BCUT2D eigenvalue weighted by atomic mass is 16.2. The van der Waals surface area contributed by atoms with Crippen LogP contribution in [0.3, 0.4) is 0 Å². The maximum atomic E-state index is 10.7. The van der Waals surface area contributed by atoms with Crippen LogP contribution in [0.2, 0.25) is 0 Å². The molecule has 0 aromatic heterocycles. The van der Waals surface area contributed by atoms with Crippen molar-refractivity contribution in [3.8, 4) is 0 Å². The van der Waals surface area contributed by atoms with Crippen LogP contribution < -0.4 is 11.2 Å². The van der Waals surface area contributed by atoms with E-state index in [4.69, 9.17) is 5.73 Å². The Morgan fingerprint density at radius 2 is 2.50 bits per heavy atom. The minimum atomic E-state index is -0.489. The summed E-state index contributed by atoms with van der Waals surface area (Å²) in [5.41, 5.74) is 7.74. The Morgan fingerprint density at radius 1 is 1.83 bits per heavy atom. The van der Waals surface area contributed by atoms with E-state index < -0.39 is 6.03 Å². The molecule has 1 aliphatic heterocycles. The third-order valence-corrected chi connectivity index (χ3v) is 1.98. The van der Waals surface area contributed by atoms with Crippen LogP contribution in [-0.4, -0.2) is 35.8 Å². The lowest BCUT2D eigenvalue weighted by atomic mass is 10.6. The zero-order valence-electron chi connectivity index (χ0n) is 7.45. The molecule has 12 heavy (non-hydrogen) atoms. The van der Waals surface area contributed by atoms with Crippen LogP contribution in [0.1, 0.15) is 6.92 Å². The lowest BCUT2D eigenvalue weighted by Gasteiger charge is -2.29. The van der Waals surface area contributed by atoms with Crippen molar-refractivity contribution in [2.24, 2.45) is 5.73 Å². The molecule has 0 aromatic rings. The van der Waals surface area contributed by atoms with Gasteiger partial charge in [0.25, 0.3) is 0 Å². The maximum absolute atomic E-state index is 10.7. The number of carbonyl (C=O) groups is 1. The molecule has 0 saturated heterocycles. The molecule has 1 rings (SSSR count). The molecule has 5 heteroatoms. The first-order chi connectivity index (χ1) is 5.58. The van der Waals surface area contributed by atoms with Gasteiger partial charge in [-0.1, -0.05) is 0 Å². The second kappa shape index (κ2) is 3.02. The van der Waals surface area contributed by atoms with E-state index in [-0.39, 0.29) is 0 Å². The topological polar surface area (TPSA) is 58.4 Å². The summed E-state index contributed by atoms with van der Waals surface area (Å²) in [6.07, 6.45) is 3.85. The number of carbonyl (C=O) groups excluding carboxylic acids is 1. The Kier molecular flexibility index (Phi) is 2.23. The molecule has 1 unspecified atom stereocenters. The Bertz CT molecular complexity index is 215. The zero-order valence-corrected chi connectivity index (χ0v) is 7.45. The van der Waals surface area contributed by atoms with Gasteiger partial charge < -0.3 is 10.6 Å². The highest BCUT2D eigenvalue weighted by molar-refractivity contribution is 5.70. The molecule has 0 aromatic carbocycles. The van der Waals surface area contributed by atoms with Gasteiger partial charge in [0, 0.05) is 7.05 Å². The Morgan fingerprint density at radius 3 is 2.83 bits per heavy atom. The van der Waals surface area contributed by atoms with Gasteiger partial charge in [-0.25, -0.2) is 4.79 Å². The summed E-state index contributed by atoms with van der Waals surface area (Å²) in [5, 5.41) is 0. The van der Waals surface area contributed by atoms with Crippen LogP contribution in [0.5, 0.6) is 0 Å². The van der Waals surface area contributed by atoms with E-state index in [0.29, 0.717) is 4.59 Å². The predicted octanol–water partition coefficient (Wildman–Crippen LogP) is -0.219. The number of hydrogen-bond donors (Lipinski definition) is 2. The number of quaternary nitrogens is 1. The number of nitrogens with one attached hydrogen (secondary N) is 1. The molecule has 3 N–H and O–H groups in total. The fourth-order valence-corrected chi connectivity index (χ4v) is 1.31. The first kappa shape index (κ1) is 8.86. The van der Waals surface area contributed by atoms with E-state index in [9.17, 15) is 4.79 Å². The normalized spacial score (nSPS) is 27.7. The largest absolute Gasteiger partial charge is 0.356 e. The van der Waals surface area contributed by atoms with Gasteiger partial charge in [-0.2, -0.15) is 10.0 Å². The number of primary amides is 1. The molecule has 1 atom stereocenters. The molecule has 68 valence electrons. The number of rotatable bonds is 2. The molecule has 5 nitrogen and oxygen atoms in total. The fourth-order valence-electron chi connectivity index (χ4n) is 1.31. The molecule has 0 aliphatic carbocycles. The van der Waals surface area contributed by atoms with E-state index in [1.165, 1.54) is 0 Å². The van der Waals surface area contributed by atoms with Gasteiger partial charge in [0.05, 0.1) is 6.20 Å². The Labute approximate surface area is 72.0 Å². The number of nitrogens with two attached hydrogens (primary N) is 1. The standard InChI is InChI=1S/C7H14N4O/c1-3-11(9-7(8)12)5-4-10(2)6-11/h4-5H,3,6H2,1-2H3,(H2-,8,9,12)/p+1. The zero-order chi connectivity index (χ0) is 9.19. The number of hydrogen-bond acceptors (Lipinski definition) is 2. The molecule has 0 saturated carbocycles. The van der Waals surface area contributed by atoms with Crippen molar-refractivity contribution >= 4 is 6.03 Å². The third kappa shape index (κ3) is 1.68. The summed E-state index contributed by atoms with van der Waals surface area (Å²) in [5.74, 6) is 0. The second-order valence-corrected chi connectivity index (χ2v) is 3.02. The molecule has 1 aliphatic rings. The highest BCUT2D eigenvalue weighted by Crippen LogP contribution is 2.11. The van der Waals surface area contributed by atoms with E-state index in [2.05, 4.69) is 5.43 Å². The van der Waals surface area contributed by atoms with Gasteiger partial charge in [-0.3, -0.25) is 0 Å². The minimum absolute atomic E-state index is 0.409. The quantitative estimate of drug-likeness (QED) is 0.564. The molecule has 0 fully saturated rings. The molecule has 0 radical (unpaired) electrons. The van der Waals surface area contributed by atoms with Gasteiger partial charge >= 0.3 is 6.03 Å². The van der Waals surface area contributed by atoms with Crippen LogP contribution in [0.15, 0.2) is 12.4 Å². The fraction of sp³-hybridized carbons (Fsp3) is 0.571.